The number of likely N-dealkylation sites (tertiary alicyclic amines) is 1. The Morgan fingerprint density at radius 3 is 2.10 bits per heavy atom. The Balaban J connectivity index is 1.09. The fourth-order valence-electron chi connectivity index (χ4n) is 4.93. The summed E-state index contributed by atoms with van der Waals surface area (Å²) in [7, 11) is 0. The summed E-state index contributed by atoms with van der Waals surface area (Å²) in [6.45, 7) is 1.44. The van der Waals surface area contributed by atoms with Crippen LogP contribution >= 0.6 is 0 Å². The number of nitrogens with one attached hydrogen (secondary N) is 2. The van der Waals surface area contributed by atoms with E-state index < -0.39 is 5.41 Å². The molecule has 1 aromatic heterocycles. The SMILES string of the molecule is O=C(Oc1ccc2c(Oc3ccc(NC(=O)C4(C(=O)Nc5ccccc5)CC4)cc3)ccnc2c1)N1CCCCC1. The van der Waals surface area contributed by atoms with Crippen molar-refractivity contribution in [3.63, 3.8) is 0 Å². The zero-order chi connectivity index (χ0) is 28.2. The highest BCUT2D eigenvalue weighted by Gasteiger charge is 2.56. The van der Waals surface area contributed by atoms with Crippen LogP contribution in [0.2, 0.25) is 0 Å². The van der Waals surface area contributed by atoms with E-state index in [1.807, 2.05) is 24.3 Å². The number of anilines is 2. The van der Waals surface area contributed by atoms with Gasteiger partial charge >= 0.3 is 6.09 Å². The molecule has 2 aliphatic rings. The van der Waals surface area contributed by atoms with Crippen LogP contribution in [0.5, 0.6) is 17.2 Å². The second-order valence-corrected chi connectivity index (χ2v) is 10.4. The number of hydrogen-bond donors (Lipinski definition) is 2. The van der Waals surface area contributed by atoms with Gasteiger partial charge in [-0.1, -0.05) is 18.2 Å². The average Bonchev–Trinajstić information content (AvgIpc) is 3.82. The number of nitrogens with zero attached hydrogens (tertiary/aromatic N) is 2. The first-order valence-electron chi connectivity index (χ1n) is 13.8. The molecule has 0 radical (unpaired) electrons. The molecule has 2 N–H and O–H groups in total. The predicted octanol–water partition coefficient (Wildman–Crippen LogP) is 6.37. The summed E-state index contributed by atoms with van der Waals surface area (Å²) in [6.07, 6.45) is 5.44. The van der Waals surface area contributed by atoms with Crippen molar-refractivity contribution >= 4 is 40.2 Å². The van der Waals surface area contributed by atoms with Gasteiger partial charge in [-0.15, -0.1) is 0 Å². The van der Waals surface area contributed by atoms with Crippen molar-refractivity contribution in [3.8, 4) is 17.2 Å². The Kier molecular flexibility index (Phi) is 7.24. The van der Waals surface area contributed by atoms with Crippen LogP contribution in [0, 0.1) is 5.41 Å². The Labute approximate surface area is 237 Å². The molecule has 0 bridgehead atoms. The first-order valence-corrected chi connectivity index (χ1v) is 13.8. The van der Waals surface area contributed by atoms with Crippen molar-refractivity contribution in [2.45, 2.75) is 32.1 Å². The number of benzene rings is 3. The van der Waals surface area contributed by atoms with Gasteiger partial charge in [-0.2, -0.15) is 0 Å². The third kappa shape index (κ3) is 5.84. The summed E-state index contributed by atoms with van der Waals surface area (Å²) in [5.74, 6) is 0.977. The van der Waals surface area contributed by atoms with Gasteiger partial charge in [-0.25, -0.2) is 4.79 Å². The Morgan fingerprint density at radius 2 is 1.41 bits per heavy atom. The molecule has 9 nitrogen and oxygen atoms in total. The molecule has 2 fully saturated rings. The quantitative estimate of drug-likeness (QED) is 0.259. The lowest BCUT2D eigenvalue weighted by molar-refractivity contribution is -0.131. The number of amides is 3. The van der Waals surface area contributed by atoms with Gasteiger partial charge in [-0.05, 0) is 86.7 Å². The van der Waals surface area contributed by atoms with Gasteiger partial charge in [0.1, 0.15) is 22.7 Å². The molecular weight excluding hydrogens is 520 g/mol. The molecular formula is C32H30N4O5. The molecule has 208 valence electrons. The molecule has 0 spiro atoms. The van der Waals surface area contributed by atoms with Crippen LogP contribution in [-0.2, 0) is 9.59 Å². The highest BCUT2D eigenvalue weighted by molar-refractivity contribution is 6.16. The zero-order valence-corrected chi connectivity index (χ0v) is 22.5. The van der Waals surface area contributed by atoms with Crippen LogP contribution in [-0.4, -0.2) is 40.9 Å². The van der Waals surface area contributed by atoms with Crippen molar-refractivity contribution < 1.29 is 23.9 Å². The standard InChI is InChI=1S/C32H30N4O5/c37-29(34-22-7-3-1-4-8-22)32(16-17-32)30(38)35-23-9-11-24(12-10-23)40-28-15-18-33-27-21-25(13-14-26(27)28)41-31(39)36-19-5-2-6-20-36/h1,3-4,7-15,18,21H,2,5-6,16-17,19-20H2,(H,34,37)(H,35,38). The molecule has 41 heavy (non-hydrogen) atoms. The predicted molar refractivity (Wildman–Crippen MR) is 155 cm³/mol. The van der Waals surface area contributed by atoms with E-state index in [0.29, 0.717) is 47.0 Å². The molecule has 2 heterocycles. The fraction of sp³-hybridized carbons (Fsp3) is 0.250. The maximum atomic E-state index is 13.0. The van der Waals surface area contributed by atoms with Gasteiger partial charge in [0.05, 0.1) is 5.52 Å². The average molecular weight is 551 g/mol. The second-order valence-electron chi connectivity index (χ2n) is 10.4. The van der Waals surface area contributed by atoms with Crippen LogP contribution in [0.25, 0.3) is 10.9 Å². The molecule has 1 saturated carbocycles. The maximum absolute atomic E-state index is 13.0. The topological polar surface area (TPSA) is 110 Å². The Bertz CT molecular complexity index is 1580. The largest absolute Gasteiger partial charge is 0.457 e. The van der Waals surface area contributed by atoms with Gasteiger partial charge in [0, 0.05) is 42.1 Å². The van der Waals surface area contributed by atoms with Gasteiger partial charge in [0.2, 0.25) is 11.8 Å². The molecule has 0 atom stereocenters. The second kappa shape index (κ2) is 11.3. The first-order chi connectivity index (χ1) is 20.0. The van der Waals surface area contributed by atoms with E-state index in [9.17, 15) is 14.4 Å². The van der Waals surface area contributed by atoms with Gasteiger partial charge in [0.25, 0.3) is 0 Å². The number of rotatable bonds is 7. The number of fused-ring (bicyclic) bond motifs is 1. The number of pyridine rings is 1. The zero-order valence-electron chi connectivity index (χ0n) is 22.5. The Hall–Kier alpha value is -4.92. The molecule has 3 aromatic carbocycles. The molecule has 9 heteroatoms. The maximum Gasteiger partial charge on any atom is 0.415 e. The number of hydrogen-bond acceptors (Lipinski definition) is 6. The van der Waals surface area contributed by atoms with E-state index in [4.69, 9.17) is 9.47 Å². The monoisotopic (exact) mass is 550 g/mol. The van der Waals surface area contributed by atoms with Crippen molar-refractivity contribution in [2.75, 3.05) is 23.7 Å². The summed E-state index contributed by atoms with van der Waals surface area (Å²) >= 11 is 0. The van der Waals surface area contributed by atoms with E-state index >= 15 is 0 Å². The summed E-state index contributed by atoms with van der Waals surface area (Å²) < 4.78 is 11.7. The van der Waals surface area contributed by atoms with Crippen molar-refractivity contribution in [1.29, 1.82) is 0 Å². The van der Waals surface area contributed by atoms with Gasteiger partial charge in [0.15, 0.2) is 0 Å². The number of para-hydroxylation sites is 1. The summed E-state index contributed by atoms with van der Waals surface area (Å²) in [5.41, 5.74) is 0.818. The minimum atomic E-state index is -1.05. The summed E-state index contributed by atoms with van der Waals surface area (Å²) in [6, 6.07) is 23.1. The van der Waals surface area contributed by atoms with Crippen LogP contribution < -0.4 is 20.1 Å². The Morgan fingerprint density at radius 1 is 0.756 bits per heavy atom. The lowest BCUT2D eigenvalue weighted by atomic mass is 10.0. The minimum Gasteiger partial charge on any atom is -0.457 e. The molecule has 1 aliphatic heterocycles. The number of ether oxygens (including phenoxy) is 2. The van der Waals surface area contributed by atoms with Gasteiger partial charge < -0.3 is 25.0 Å². The summed E-state index contributed by atoms with van der Waals surface area (Å²) in [4.78, 5) is 44.4. The smallest absolute Gasteiger partial charge is 0.415 e. The number of aromatic nitrogens is 1. The van der Waals surface area contributed by atoms with E-state index in [2.05, 4.69) is 15.6 Å². The molecule has 1 aliphatic carbocycles. The lowest BCUT2D eigenvalue weighted by Gasteiger charge is -2.25. The van der Waals surface area contributed by atoms with Crippen LogP contribution in [0.4, 0.5) is 16.2 Å². The third-order valence-corrected chi connectivity index (χ3v) is 7.48. The van der Waals surface area contributed by atoms with E-state index in [-0.39, 0.29) is 17.9 Å². The highest BCUT2D eigenvalue weighted by Crippen LogP contribution is 2.47. The van der Waals surface area contributed by atoms with Crippen LogP contribution in [0.1, 0.15) is 32.1 Å². The highest BCUT2D eigenvalue weighted by atomic mass is 16.6. The minimum absolute atomic E-state index is 0.296. The lowest BCUT2D eigenvalue weighted by Crippen LogP contribution is -2.37. The van der Waals surface area contributed by atoms with E-state index in [1.165, 1.54) is 0 Å². The normalized spacial score (nSPS) is 15.6. The van der Waals surface area contributed by atoms with Crippen molar-refractivity contribution in [3.05, 3.63) is 85.1 Å². The van der Waals surface area contributed by atoms with Crippen molar-refractivity contribution in [1.82, 2.24) is 9.88 Å². The summed E-state index contributed by atoms with van der Waals surface area (Å²) in [5, 5.41) is 6.47. The van der Waals surface area contributed by atoms with E-state index in [1.54, 1.807) is 65.7 Å². The van der Waals surface area contributed by atoms with E-state index in [0.717, 1.165) is 37.7 Å². The molecule has 4 aromatic rings. The van der Waals surface area contributed by atoms with Gasteiger partial charge in [-0.3, -0.25) is 14.6 Å². The number of carbonyl (C=O) groups is 3. The van der Waals surface area contributed by atoms with Crippen LogP contribution in [0.15, 0.2) is 85.1 Å². The first kappa shape index (κ1) is 26.3. The molecule has 6 rings (SSSR count). The fourth-order valence-corrected chi connectivity index (χ4v) is 4.93. The third-order valence-electron chi connectivity index (χ3n) is 7.48. The number of carbonyl (C=O) groups excluding carboxylic acids is 3. The van der Waals surface area contributed by atoms with Crippen LogP contribution in [0.3, 0.4) is 0 Å². The number of piperidine rings is 1. The van der Waals surface area contributed by atoms with Crippen molar-refractivity contribution in [2.24, 2.45) is 5.41 Å². The molecule has 0 unspecified atom stereocenters. The molecule has 3 amide bonds. The molecule has 1 saturated heterocycles.